The summed E-state index contributed by atoms with van der Waals surface area (Å²) in [4.78, 5) is 1.47. The molecular formula is C18H18BrF3N2O3S. The largest absolute Gasteiger partial charge is 0.573 e. The summed E-state index contributed by atoms with van der Waals surface area (Å²) in [7, 11) is -4.32. The summed E-state index contributed by atoms with van der Waals surface area (Å²) in [6, 6.07) is 10.2. The van der Waals surface area contributed by atoms with Crippen LogP contribution in [0.1, 0.15) is 19.3 Å². The maximum absolute atomic E-state index is 12.9. The van der Waals surface area contributed by atoms with Gasteiger partial charge in [0.25, 0.3) is 10.0 Å². The Morgan fingerprint density at radius 3 is 2.39 bits per heavy atom. The van der Waals surface area contributed by atoms with Crippen LogP contribution < -0.4 is 14.4 Å². The lowest BCUT2D eigenvalue weighted by molar-refractivity contribution is -0.275. The molecule has 2 aromatic rings. The number of alkyl halides is 3. The van der Waals surface area contributed by atoms with Gasteiger partial charge in [0.1, 0.15) is 4.90 Å². The predicted molar refractivity (Wildman–Crippen MR) is 104 cm³/mol. The molecule has 0 spiro atoms. The molecule has 152 valence electrons. The van der Waals surface area contributed by atoms with Crippen molar-refractivity contribution >= 4 is 37.3 Å². The third kappa shape index (κ3) is 5.11. The molecule has 1 heterocycles. The molecule has 1 saturated heterocycles. The number of ether oxygens (including phenoxy) is 1. The van der Waals surface area contributed by atoms with E-state index in [9.17, 15) is 21.6 Å². The zero-order valence-corrected chi connectivity index (χ0v) is 17.1. The Hall–Kier alpha value is -1.94. The Morgan fingerprint density at radius 2 is 1.71 bits per heavy atom. The minimum Gasteiger partial charge on any atom is -0.404 e. The molecule has 0 amide bonds. The molecule has 3 rings (SSSR count). The van der Waals surface area contributed by atoms with Crippen LogP contribution in [0.2, 0.25) is 0 Å². The monoisotopic (exact) mass is 478 g/mol. The average Bonchev–Trinajstić information content (AvgIpc) is 2.61. The van der Waals surface area contributed by atoms with Gasteiger partial charge in [-0.15, -0.1) is 13.2 Å². The van der Waals surface area contributed by atoms with Crippen molar-refractivity contribution in [2.75, 3.05) is 22.7 Å². The highest BCUT2D eigenvalue weighted by Crippen LogP contribution is 2.35. The van der Waals surface area contributed by atoms with Crippen LogP contribution in [0.25, 0.3) is 0 Å². The second-order valence-corrected chi connectivity index (χ2v) is 8.88. The lowest BCUT2D eigenvalue weighted by Gasteiger charge is -2.30. The predicted octanol–water partition coefficient (Wildman–Crippen LogP) is 5.14. The van der Waals surface area contributed by atoms with Crippen molar-refractivity contribution in [2.45, 2.75) is 30.5 Å². The highest BCUT2D eigenvalue weighted by molar-refractivity contribution is 9.10. The van der Waals surface area contributed by atoms with Crippen molar-refractivity contribution in [2.24, 2.45) is 0 Å². The quantitative estimate of drug-likeness (QED) is 0.646. The summed E-state index contributed by atoms with van der Waals surface area (Å²) in [6.07, 6.45) is -1.91. The number of hydrogen-bond acceptors (Lipinski definition) is 4. The Morgan fingerprint density at radius 1 is 1.04 bits per heavy atom. The fourth-order valence-corrected chi connectivity index (χ4v) is 4.60. The van der Waals surface area contributed by atoms with Crippen molar-refractivity contribution < 1.29 is 26.3 Å². The average molecular weight is 479 g/mol. The van der Waals surface area contributed by atoms with Gasteiger partial charge in [0.05, 0.1) is 11.4 Å². The fourth-order valence-electron chi connectivity index (χ4n) is 3.08. The highest BCUT2D eigenvalue weighted by atomic mass is 79.9. The molecule has 0 aromatic heterocycles. The van der Waals surface area contributed by atoms with Crippen LogP contribution in [0.15, 0.2) is 51.8 Å². The van der Waals surface area contributed by atoms with E-state index < -0.39 is 27.0 Å². The van der Waals surface area contributed by atoms with Crippen LogP contribution in [-0.4, -0.2) is 27.9 Å². The SMILES string of the molecule is O=S(=O)(Nc1ccccc1N1CCCCC1)c1ccc(Br)cc1OC(F)(F)F. The first-order valence-corrected chi connectivity index (χ1v) is 10.9. The second-order valence-electron chi connectivity index (χ2n) is 6.31. The zero-order chi connectivity index (χ0) is 20.4. The number of halogens is 4. The number of nitrogens with one attached hydrogen (secondary N) is 1. The number of rotatable bonds is 5. The van der Waals surface area contributed by atoms with Crippen LogP contribution in [0, 0.1) is 0 Å². The van der Waals surface area contributed by atoms with E-state index in [4.69, 9.17) is 0 Å². The van der Waals surface area contributed by atoms with E-state index in [2.05, 4.69) is 30.3 Å². The lowest BCUT2D eigenvalue weighted by Crippen LogP contribution is -2.30. The third-order valence-electron chi connectivity index (χ3n) is 4.27. The number of hydrogen-bond donors (Lipinski definition) is 1. The number of piperidine rings is 1. The molecule has 28 heavy (non-hydrogen) atoms. The number of benzene rings is 2. The molecule has 0 aliphatic carbocycles. The molecule has 0 saturated carbocycles. The van der Waals surface area contributed by atoms with Crippen LogP contribution in [0.5, 0.6) is 5.75 Å². The van der Waals surface area contributed by atoms with Gasteiger partial charge in [-0.25, -0.2) is 8.42 Å². The van der Waals surface area contributed by atoms with Gasteiger partial charge in [0, 0.05) is 17.6 Å². The smallest absolute Gasteiger partial charge is 0.404 e. The molecular weight excluding hydrogens is 461 g/mol. The summed E-state index contributed by atoms with van der Waals surface area (Å²) < 4.78 is 70.5. The van der Waals surface area contributed by atoms with Crippen molar-refractivity contribution in [1.29, 1.82) is 0 Å². The Kier molecular flexibility index (Phi) is 6.09. The first kappa shape index (κ1) is 20.8. The van der Waals surface area contributed by atoms with Gasteiger partial charge in [0.15, 0.2) is 5.75 Å². The number of sulfonamides is 1. The molecule has 10 heteroatoms. The molecule has 0 atom stereocenters. The third-order valence-corrected chi connectivity index (χ3v) is 6.16. The Bertz CT molecular complexity index is 945. The van der Waals surface area contributed by atoms with Gasteiger partial charge in [-0.2, -0.15) is 0 Å². The van der Waals surface area contributed by atoms with E-state index in [-0.39, 0.29) is 4.47 Å². The molecule has 0 unspecified atom stereocenters. The van der Waals surface area contributed by atoms with Gasteiger partial charge >= 0.3 is 6.36 Å². The molecule has 5 nitrogen and oxygen atoms in total. The van der Waals surface area contributed by atoms with Crippen LogP contribution in [0.3, 0.4) is 0 Å². The molecule has 0 radical (unpaired) electrons. The first-order chi connectivity index (χ1) is 13.2. The summed E-state index contributed by atoms with van der Waals surface area (Å²) in [5.41, 5.74) is 1.01. The Balaban J connectivity index is 1.95. The topological polar surface area (TPSA) is 58.6 Å². The van der Waals surface area contributed by atoms with Crippen molar-refractivity contribution in [1.82, 2.24) is 0 Å². The van der Waals surface area contributed by atoms with Crippen LogP contribution in [-0.2, 0) is 10.0 Å². The van der Waals surface area contributed by atoms with Gasteiger partial charge in [-0.1, -0.05) is 28.1 Å². The van der Waals surface area contributed by atoms with E-state index >= 15 is 0 Å². The number of para-hydroxylation sites is 2. The van der Waals surface area contributed by atoms with E-state index in [0.29, 0.717) is 11.4 Å². The van der Waals surface area contributed by atoms with Gasteiger partial charge in [0.2, 0.25) is 0 Å². The number of nitrogens with zero attached hydrogens (tertiary/aromatic N) is 1. The Labute approximate surface area is 169 Å². The minimum atomic E-state index is -5.02. The van der Waals surface area contributed by atoms with Crippen molar-refractivity contribution in [3.63, 3.8) is 0 Å². The van der Waals surface area contributed by atoms with E-state index in [0.717, 1.165) is 44.5 Å². The lowest BCUT2D eigenvalue weighted by atomic mass is 10.1. The van der Waals surface area contributed by atoms with E-state index in [1.54, 1.807) is 24.3 Å². The highest BCUT2D eigenvalue weighted by Gasteiger charge is 2.34. The van der Waals surface area contributed by atoms with E-state index in [1.807, 2.05) is 0 Å². The van der Waals surface area contributed by atoms with Crippen LogP contribution in [0.4, 0.5) is 24.5 Å². The van der Waals surface area contributed by atoms with E-state index in [1.165, 1.54) is 6.07 Å². The zero-order valence-electron chi connectivity index (χ0n) is 14.7. The maximum atomic E-state index is 12.9. The molecule has 1 N–H and O–H groups in total. The fraction of sp³-hybridized carbons (Fsp3) is 0.333. The molecule has 2 aromatic carbocycles. The summed E-state index contributed by atoms with van der Waals surface area (Å²) in [6.45, 7) is 1.58. The summed E-state index contributed by atoms with van der Waals surface area (Å²) in [5, 5.41) is 0. The van der Waals surface area contributed by atoms with Gasteiger partial charge < -0.3 is 9.64 Å². The first-order valence-electron chi connectivity index (χ1n) is 8.58. The molecule has 1 aliphatic rings. The summed E-state index contributed by atoms with van der Waals surface area (Å²) >= 11 is 3.03. The normalized spacial score (nSPS) is 15.4. The number of anilines is 2. The maximum Gasteiger partial charge on any atom is 0.573 e. The second kappa shape index (κ2) is 8.20. The van der Waals surface area contributed by atoms with Crippen LogP contribution >= 0.6 is 15.9 Å². The molecule has 1 aliphatic heterocycles. The summed E-state index contributed by atoms with van der Waals surface area (Å²) in [5.74, 6) is -0.801. The van der Waals surface area contributed by atoms with Gasteiger partial charge in [-0.05, 0) is 49.6 Å². The van der Waals surface area contributed by atoms with Gasteiger partial charge in [-0.3, -0.25) is 4.72 Å². The standard InChI is InChI=1S/C18H18BrF3N2O3S/c19-13-8-9-17(16(12-13)27-18(20,21)22)28(25,26)23-14-6-2-3-7-15(14)24-10-4-1-5-11-24/h2-3,6-9,12,23H,1,4-5,10-11H2. The molecule has 1 fully saturated rings. The molecule has 0 bridgehead atoms. The van der Waals surface area contributed by atoms with Crippen molar-refractivity contribution in [3.8, 4) is 5.75 Å². The minimum absolute atomic E-state index is 0.263. The van der Waals surface area contributed by atoms with Crippen molar-refractivity contribution in [3.05, 3.63) is 46.9 Å².